The molecule has 0 aromatic carbocycles. The van der Waals surface area contributed by atoms with Crippen LogP contribution in [0.3, 0.4) is 0 Å². The lowest BCUT2D eigenvalue weighted by molar-refractivity contribution is -0.132. The Kier molecular flexibility index (Phi) is 5.53. The summed E-state index contributed by atoms with van der Waals surface area (Å²) in [7, 11) is 0. The largest absolute Gasteiger partial charge is 0.478 e. The SMILES string of the molecule is C/C=C(/CCCCC)C(=O)O. The van der Waals surface area contributed by atoms with Crippen LogP contribution in [-0.2, 0) is 4.79 Å². The highest BCUT2D eigenvalue weighted by atomic mass is 16.4. The van der Waals surface area contributed by atoms with E-state index in [0.29, 0.717) is 12.0 Å². The van der Waals surface area contributed by atoms with Crippen LogP contribution in [0, 0.1) is 0 Å². The van der Waals surface area contributed by atoms with Crippen LogP contribution < -0.4 is 0 Å². The lowest BCUT2D eigenvalue weighted by atomic mass is 10.1. The maximum atomic E-state index is 10.5. The summed E-state index contributed by atoms with van der Waals surface area (Å²) >= 11 is 0. The fraction of sp³-hybridized carbons (Fsp3) is 0.667. The Hall–Kier alpha value is -0.790. The first-order chi connectivity index (χ1) is 5.22. The van der Waals surface area contributed by atoms with Gasteiger partial charge in [-0.15, -0.1) is 0 Å². The molecule has 0 aliphatic heterocycles. The van der Waals surface area contributed by atoms with Gasteiger partial charge in [-0.1, -0.05) is 25.8 Å². The second kappa shape index (κ2) is 5.96. The second-order valence-corrected chi connectivity index (χ2v) is 2.58. The lowest BCUT2D eigenvalue weighted by Gasteiger charge is -1.99. The molecule has 0 heterocycles. The van der Waals surface area contributed by atoms with E-state index >= 15 is 0 Å². The molecule has 2 nitrogen and oxygen atoms in total. The van der Waals surface area contributed by atoms with E-state index in [-0.39, 0.29) is 0 Å². The Morgan fingerprint density at radius 1 is 1.45 bits per heavy atom. The van der Waals surface area contributed by atoms with Crippen LogP contribution in [0.25, 0.3) is 0 Å². The van der Waals surface area contributed by atoms with Gasteiger partial charge in [0.1, 0.15) is 0 Å². The summed E-state index contributed by atoms with van der Waals surface area (Å²) in [5.74, 6) is -0.774. The molecular weight excluding hydrogens is 140 g/mol. The quantitative estimate of drug-likeness (QED) is 0.490. The number of rotatable bonds is 5. The molecule has 0 unspecified atom stereocenters. The van der Waals surface area contributed by atoms with Gasteiger partial charge in [0, 0.05) is 5.57 Å². The van der Waals surface area contributed by atoms with Crippen LogP contribution in [0.15, 0.2) is 11.6 Å². The van der Waals surface area contributed by atoms with Crippen molar-refractivity contribution in [1.82, 2.24) is 0 Å². The molecule has 0 aliphatic carbocycles. The summed E-state index contributed by atoms with van der Waals surface area (Å²) in [6.07, 6.45) is 5.63. The van der Waals surface area contributed by atoms with E-state index in [9.17, 15) is 4.79 Å². The fourth-order valence-corrected chi connectivity index (χ4v) is 0.940. The van der Waals surface area contributed by atoms with Crippen LogP contribution in [0.4, 0.5) is 0 Å². The van der Waals surface area contributed by atoms with Gasteiger partial charge in [0.05, 0.1) is 0 Å². The van der Waals surface area contributed by atoms with Crippen molar-refractivity contribution in [3.05, 3.63) is 11.6 Å². The minimum Gasteiger partial charge on any atom is -0.478 e. The standard InChI is InChI=1S/C9H16O2/c1-3-5-6-7-8(4-2)9(10)11/h4H,3,5-7H2,1-2H3,(H,10,11)/b8-4-. The highest BCUT2D eigenvalue weighted by Crippen LogP contribution is 2.08. The molecule has 0 aliphatic rings. The highest BCUT2D eigenvalue weighted by Gasteiger charge is 2.03. The van der Waals surface area contributed by atoms with Crippen molar-refractivity contribution in [2.45, 2.75) is 39.5 Å². The molecule has 0 saturated carbocycles. The van der Waals surface area contributed by atoms with Gasteiger partial charge in [-0.05, 0) is 19.8 Å². The number of carboxylic acid groups (broad SMARTS) is 1. The first-order valence-electron chi connectivity index (χ1n) is 4.10. The number of carboxylic acids is 1. The zero-order chi connectivity index (χ0) is 8.69. The van der Waals surface area contributed by atoms with Crippen molar-refractivity contribution in [3.8, 4) is 0 Å². The van der Waals surface area contributed by atoms with Crippen LogP contribution in [0.5, 0.6) is 0 Å². The molecule has 2 heteroatoms. The molecule has 0 aromatic rings. The minimum absolute atomic E-state index is 0.540. The van der Waals surface area contributed by atoms with E-state index in [1.807, 2.05) is 0 Å². The van der Waals surface area contributed by atoms with Crippen LogP contribution >= 0.6 is 0 Å². The highest BCUT2D eigenvalue weighted by molar-refractivity contribution is 5.86. The van der Waals surface area contributed by atoms with Gasteiger partial charge in [0.15, 0.2) is 0 Å². The van der Waals surface area contributed by atoms with Crippen LogP contribution in [0.1, 0.15) is 39.5 Å². The third-order valence-electron chi connectivity index (χ3n) is 1.67. The van der Waals surface area contributed by atoms with Crippen molar-refractivity contribution >= 4 is 5.97 Å². The first-order valence-corrected chi connectivity index (χ1v) is 4.10. The van der Waals surface area contributed by atoms with E-state index in [1.54, 1.807) is 13.0 Å². The third-order valence-corrected chi connectivity index (χ3v) is 1.67. The zero-order valence-electron chi connectivity index (χ0n) is 7.26. The minimum atomic E-state index is -0.774. The summed E-state index contributed by atoms with van der Waals surface area (Å²) in [5.41, 5.74) is 0.540. The zero-order valence-corrected chi connectivity index (χ0v) is 7.26. The molecule has 0 atom stereocenters. The summed E-state index contributed by atoms with van der Waals surface area (Å²) in [6, 6.07) is 0. The molecule has 0 spiro atoms. The van der Waals surface area contributed by atoms with Crippen LogP contribution in [-0.4, -0.2) is 11.1 Å². The van der Waals surface area contributed by atoms with E-state index in [0.717, 1.165) is 19.3 Å². The molecule has 0 aromatic heterocycles. The topological polar surface area (TPSA) is 37.3 Å². The van der Waals surface area contributed by atoms with Crippen molar-refractivity contribution in [1.29, 1.82) is 0 Å². The Labute approximate surface area is 67.9 Å². The lowest BCUT2D eigenvalue weighted by Crippen LogP contribution is -1.99. The molecule has 0 amide bonds. The molecule has 0 rings (SSSR count). The normalized spacial score (nSPS) is 11.6. The Morgan fingerprint density at radius 2 is 2.09 bits per heavy atom. The Balaban J connectivity index is 3.63. The molecule has 64 valence electrons. The van der Waals surface area contributed by atoms with Crippen molar-refractivity contribution < 1.29 is 9.90 Å². The van der Waals surface area contributed by atoms with Gasteiger partial charge >= 0.3 is 5.97 Å². The van der Waals surface area contributed by atoms with Gasteiger partial charge in [-0.2, -0.15) is 0 Å². The van der Waals surface area contributed by atoms with Gasteiger partial charge in [0.25, 0.3) is 0 Å². The third kappa shape index (κ3) is 4.59. The number of carbonyl (C=O) groups is 1. The van der Waals surface area contributed by atoms with Crippen molar-refractivity contribution in [3.63, 3.8) is 0 Å². The van der Waals surface area contributed by atoms with Gasteiger partial charge < -0.3 is 5.11 Å². The molecule has 0 bridgehead atoms. The predicted molar refractivity (Wildman–Crippen MR) is 45.5 cm³/mol. The molecular formula is C9H16O2. The molecule has 0 saturated heterocycles. The first kappa shape index (κ1) is 10.2. The Morgan fingerprint density at radius 3 is 2.45 bits per heavy atom. The monoisotopic (exact) mass is 156 g/mol. The summed E-state index contributed by atoms with van der Waals surface area (Å²) < 4.78 is 0. The average molecular weight is 156 g/mol. The number of hydrogen-bond acceptors (Lipinski definition) is 1. The van der Waals surface area contributed by atoms with E-state index in [2.05, 4.69) is 6.92 Å². The maximum absolute atomic E-state index is 10.5. The summed E-state index contributed by atoms with van der Waals surface area (Å²) in [5, 5.41) is 8.60. The number of allylic oxidation sites excluding steroid dienone is 1. The van der Waals surface area contributed by atoms with E-state index in [4.69, 9.17) is 5.11 Å². The molecule has 11 heavy (non-hydrogen) atoms. The maximum Gasteiger partial charge on any atom is 0.331 e. The van der Waals surface area contributed by atoms with Crippen molar-refractivity contribution in [2.75, 3.05) is 0 Å². The number of unbranched alkanes of at least 4 members (excludes halogenated alkanes) is 2. The summed E-state index contributed by atoms with van der Waals surface area (Å²) in [4.78, 5) is 10.5. The molecule has 1 N–H and O–H groups in total. The smallest absolute Gasteiger partial charge is 0.331 e. The van der Waals surface area contributed by atoms with E-state index < -0.39 is 5.97 Å². The fourth-order valence-electron chi connectivity index (χ4n) is 0.940. The number of hydrogen-bond donors (Lipinski definition) is 1. The molecule has 0 fully saturated rings. The predicted octanol–water partition coefficient (Wildman–Crippen LogP) is 2.60. The second-order valence-electron chi connectivity index (χ2n) is 2.58. The van der Waals surface area contributed by atoms with Crippen molar-refractivity contribution in [2.24, 2.45) is 0 Å². The van der Waals surface area contributed by atoms with Crippen LogP contribution in [0.2, 0.25) is 0 Å². The van der Waals surface area contributed by atoms with E-state index in [1.165, 1.54) is 0 Å². The summed E-state index contributed by atoms with van der Waals surface area (Å²) in [6.45, 7) is 3.88. The molecule has 0 radical (unpaired) electrons. The number of aliphatic carboxylic acids is 1. The van der Waals surface area contributed by atoms with Gasteiger partial charge in [0.2, 0.25) is 0 Å². The Bertz CT molecular complexity index is 148. The van der Waals surface area contributed by atoms with Gasteiger partial charge in [-0.25, -0.2) is 4.79 Å². The van der Waals surface area contributed by atoms with Gasteiger partial charge in [-0.3, -0.25) is 0 Å². The average Bonchev–Trinajstić information content (AvgIpc) is 1.97.